The lowest BCUT2D eigenvalue weighted by Gasteiger charge is -2.30. The van der Waals surface area contributed by atoms with Crippen LogP contribution in [0, 0.1) is 11.3 Å². The first kappa shape index (κ1) is 32.0. The number of alkyl carbamates (subject to hydrolysis) is 1. The highest BCUT2D eigenvalue weighted by atomic mass is 35.5. The molecule has 10 nitrogen and oxygen atoms in total. The molecule has 0 bridgehead atoms. The average Bonchev–Trinajstić information content (AvgIpc) is 3.35. The van der Waals surface area contributed by atoms with Crippen LogP contribution in [-0.2, 0) is 29.1 Å². The first-order chi connectivity index (χ1) is 19.7. The first-order valence-electron chi connectivity index (χ1n) is 14.5. The maximum Gasteiger partial charge on any atom is 0.408 e. The number of hydrogen-bond acceptors (Lipinski definition) is 7. The third-order valence-corrected chi connectivity index (χ3v) is 9.65. The van der Waals surface area contributed by atoms with Crippen LogP contribution < -0.4 is 10.0 Å². The fraction of sp³-hybridized carbons (Fsp3) is 0.600. The number of allylic oxidation sites excluding steroid dienone is 2. The third-order valence-electron chi connectivity index (χ3n) is 8.06. The normalized spacial score (nSPS) is 28.0. The number of carbonyl (C=O) groups excluding carboxylic acids is 4. The first-order valence-corrected chi connectivity index (χ1v) is 16.4. The molecule has 2 heterocycles. The molecule has 3 amide bonds. The van der Waals surface area contributed by atoms with Crippen LogP contribution in [0.1, 0.15) is 78.6 Å². The van der Waals surface area contributed by atoms with Gasteiger partial charge in [-0.3, -0.25) is 14.4 Å². The molecule has 12 heteroatoms. The Morgan fingerprint density at radius 1 is 1.05 bits per heavy atom. The summed E-state index contributed by atoms with van der Waals surface area (Å²) < 4.78 is 33.6. The predicted molar refractivity (Wildman–Crippen MR) is 157 cm³/mol. The van der Waals surface area contributed by atoms with Gasteiger partial charge in [-0.1, -0.05) is 36.6 Å². The highest BCUT2D eigenvalue weighted by Gasteiger charge is 2.61. The highest BCUT2D eigenvalue weighted by molar-refractivity contribution is 7.90. The van der Waals surface area contributed by atoms with Crippen molar-refractivity contribution in [1.82, 2.24) is 14.9 Å². The quantitative estimate of drug-likeness (QED) is 0.472. The zero-order valence-corrected chi connectivity index (χ0v) is 25.9. The van der Waals surface area contributed by atoms with Gasteiger partial charge in [-0.2, -0.15) is 0 Å². The molecule has 2 aliphatic heterocycles. The number of nitrogens with zero attached hydrogens (tertiary/aromatic N) is 1. The van der Waals surface area contributed by atoms with Crippen LogP contribution in [0.25, 0.3) is 0 Å². The molecular formula is C30H40ClN3O7S. The van der Waals surface area contributed by atoms with Gasteiger partial charge in [0.1, 0.15) is 11.6 Å². The van der Waals surface area contributed by atoms with Gasteiger partial charge in [-0.15, -0.1) is 0 Å². The smallest absolute Gasteiger partial charge is 0.408 e. The number of sulfonamides is 1. The molecule has 1 aliphatic carbocycles. The van der Waals surface area contributed by atoms with E-state index in [4.69, 9.17) is 16.3 Å². The lowest BCUT2D eigenvalue weighted by atomic mass is 9.91. The van der Waals surface area contributed by atoms with Crippen molar-refractivity contribution >= 4 is 45.3 Å². The van der Waals surface area contributed by atoms with Gasteiger partial charge < -0.3 is 15.0 Å². The van der Waals surface area contributed by atoms with E-state index in [0.29, 0.717) is 43.7 Å². The molecule has 0 aromatic heterocycles. The molecule has 1 saturated carbocycles. The minimum Gasteiger partial charge on any atom is -0.444 e. The number of benzene rings is 1. The van der Waals surface area contributed by atoms with Crippen LogP contribution in [0.15, 0.2) is 41.3 Å². The van der Waals surface area contributed by atoms with Crippen LogP contribution in [-0.4, -0.2) is 61.2 Å². The molecular weight excluding hydrogens is 582 g/mol. The summed E-state index contributed by atoms with van der Waals surface area (Å²) >= 11 is 5.88. The fourth-order valence-corrected chi connectivity index (χ4v) is 6.96. The second-order valence-corrected chi connectivity index (χ2v) is 14.6. The summed E-state index contributed by atoms with van der Waals surface area (Å²) in [5, 5.41) is 3.07. The SMILES string of the molecule is CC(C)(C)OC(=O)N[C@H]1CCCCC/C=C\[C@@H]2C[C@@]2(C(=O)NS(=O)(=O)c2ccc(Cl)cc2)CC(=O)[C@@H]2CCCN2C1=O. The fourth-order valence-electron chi connectivity index (χ4n) is 5.78. The summed E-state index contributed by atoms with van der Waals surface area (Å²) in [7, 11) is -4.19. The minimum absolute atomic E-state index is 0.107. The minimum atomic E-state index is -4.19. The van der Waals surface area contributed by atoms with E-state index < -0.39 is 45.1 Å². The van der Waals surface area contributed by atoms with E-state index in [0.717, 1.165) is 19.3 Å². The van der Waals surface area contributed by atoms with Crippen molar-refractivity contribution in [3.8, 4) is 0 Å². The van der Waals surface area contributed by atoms with E-state index in [1.807, 2.05) is 12.2 Å². The van der Waals surface area contributed by atoms with Gasteiger partial charge in [0.2, 0.25) is 11.8 Å². The van der Waals surface area contributed by atoms with Crippen molar-refractivity contribution < 1.29 is 32.3 Å². The second-order valence-electron chi connectivity index (χ2n) is 12.5. The predicted octanol–water partition coefficient (Wildman–Crippen LogP) is 4.52. The van der Waals surface area contributed by atoms with Crippen molar-refractivity contribution in [2.75, 3.05) is 6.54 Å². The van der Waals surface area contributed by atoms with Crippen molar-refractivity contribution in [3.63, 3.8) is 0 Å². The molecule has 3 aliphatic rings. The number of fused-ring (bicyclic) bond motifs is 2. The van der Waals surface area contributed by atoms with E-state index in [-0.39, 0.29) is 28.9 Å². The molecule has 2 fully saturated rings. The molecule has 0 spiro atoms. The molecule has 0 unspecified atom stereocenters. The van der Waals surface area contributed by atoms with E-state index in [9.17, 15) is 27.6 Å². The van der Waals surface area contributed by atoms with Gasteiger partial charge >= 0.3 is 6.09 Å². The van der Waals surface area contributed by atoms with Crippen molar-refractivity contribution in [1.29, 1.82) is 0 Å². The average molecular weight is 622 g/mol. The topological polar surface area (TPSA) is 139 Å². The monoisotopic (exact) mass is 621 g/mol. The second kappa shape index (κ2) is 12.8. The molecule has 42 heavy (non-hydrogen) atoms. The molecule has 4 atom stereocenters. The molecule has 1 saturated heterocycles. The van der Waals surface area contributed by atoms with Gasteiger partial charge in [0.05, 0.1) is 16.4 Å². The molecule has 230 valence electrons. The number of carbonyl (C=O) groups is 4. The number of rotatable bonds is 4. The van der Waals surface area contributed by atoms with Gasteiger partial charge in [-0.05, 0) is 89.5 Å². The van der Waals surface area contributed by atoms with Crippen LogP contribution in [0.2, 0.25) is 5.02 Å². The Kier molecular flexibility index (Phi) is 9.72. The maximum atomic E-state index is 13.7. The maximum absolute atomic E-state index is 13.7. The van der Waals surface area contributed by atoms with Crippen molar-refractivity contribution in [2.24, 2.45) is 11.3 Å². The van der Waals surface area contributed by atoms with Crippen LogP contribution in [0.5, 0.6) is 0 Å². The Morgan fingerprint density at radius 2 is 1.76 bits per heavy atom. The summed E-state index contributed by atoms with van der Waals surface area (Å²) in [5.41, 5.74) is -1.96. The number of hydrogen-bond donors (Lipinski definition) is 2. The summed E-state index contributed by atoms with van der Waals surface area (Å²) in [4.78, 5) is 55.0. The van der Waals surface area contributed by atoms with Crippen molar-refractivity contribution in [3.05, 3.63) is 41.4 Å². The third kappa shape index (κ3) is 7.72. The molecule has 0 radical (unpaired) electrons. The molecule has 1 aromatic rings. The molecule has 4 rings (SSSR count). The zero-order valence-electron chi connectivity index (χ0n) is 24.4. The van der Waals surface area contributed by atoms with Gasteiger partial charge in [0, 0.05) is 18.0 Å². The number of amides is 3. The molecule has 2 N–H and O–H groups in total. The van der Waals surface area contributed by atoms with E-state index >= 15 is 0 Å². The van der Waals surface area contributed by atoms with Crippen LogP contribution >= 0.6 is 11.6 Å². The van der Waals surface area contributed by atoms with E-state index in [1.165, 1.54) is 29.2 Å². The Labute approximate surface area is 252 Å². The Bertz CT molecular complexity index is 1340. The number of ketones is 1. The van der Waals surface area contributed by atoms with Crippen LogP contribution in [0.4, 0.5) is 4.79 Å². The summed E-state index contributed by atoms with van der Waals surface area (Å²) in [6, 6.07) is 3.87. The lowest BCUT2D eigenvalue weighted by molar-refractivity contribution is -0.140. The van der Waals surface area contributed by atoms with Gasteiger partial charge in [-0.25, -0.2) is 17.9 Å². The lowest BCUT2D eigenvalue weighted by Crippen LogP contribution is -2.52. The van der Waals surface area contributed by atoms with E-state index in [2.05, 4.69) is 10.0 Å². The number of ether oxygens (including phenoxy) is 1. The number of halogens is 1. The summed E-state index contributed by atoms with van der Waals surface area (Å²) in [6.07, 6.45) is 7.88. The molecule has 1 aromatic carbocycles. The van der Waals surface area contributed by atoms with Crippen LogP contribution in [0.3, 0.4) is 0 Å². The largest absolute Gasteiger partial charge is 0.444 e. The Balaban J connectivity index is 1.56. The zero-order chi connectivity index (χ0) is 30.7. The number of nitrogens with one attached hydrogen (secondary N) is 2. The Morgan fingerprint density at radius 3 is 2.45 bits per heavy atom. The van der Waals surface area contributed by atoms with Crippen molar-refractivity contribution in [2.45, 2.75) is 101 Å². The summed E-state index contributed by atoms with van der Waals surface area (Å²) in [5.74, 6) is -1.66. The standard InChI is InChI=1S/C30H40ClN3O7S/c1-29(2,3)41-28(38)32-23-11-8-6-4-5-7-10-20-18-30(20,19-25(35)24-12-9-17-34(24)26(23)36)27(37)33-42(39,40)22-15-13-21(31)14-16-22/h7,10,13-16,20,23-24H,4-6,8-9,11-12,17-19H2,1-3H3,(H,32,38)(H,33,37)/b10-7-/t20-,23+,24+,30-/m1/s1. The Hall–Kier alpha value is -2.92. The number of Topliss-reactive ketones (excluding diaryl/α,β-unsaturated/α-hetero) is 1. The van der Waals surface area contributed by atoms with Gasteiger partial charge in [0.25, 0.3) is 10.0 Å². The van der Waals surface area contributed by atoms with E-state index in [1.54, 1.807) is 20.8 Å². The highest BCUT2D eigenvalue weighted by Crippen LogP contribution is 2.57. The summed E-state index contributed by atoms with van der Waals surface area (Å²) in [6.45, 7) is 5.58. The van der Waals surface area contributed by atoms with Gasteiger partial charge in [0.15, 0.2) is 5.78 Å².